The van der Waals surface area contributed by atoms with Crippen molar-refractivity contribution in [1.29, 1.82) is 0 Å². The maximum atomic E-state index is 12.3. The van der Waals surface area contributed by atoms with Crippen LogP contribution in [0.4, 0.5) is 0 Å². The van der Waals surface area contributed by atoms with E-state index in [1.165, 1.54) is 0 Å². The number of aryl methyl sites for hydroxylation is 1. The van der Waals surface area contributed by atoms with Gasteiger partial charge in [0, 0.05) is 32.2 Å². The van der Waals surface area contributed by atoms with E-state index in [4.69, 9.17) is 4.74 Å². The van der Waals surface area contributed by atoms with Crippen LogP contribution in [-0.4, -0.2) is 34.4 Å². The normalized spacial score (nSPS) is 12.2. The molecule has 0 aliphatic carbocycles. The largest absolute Gasteiger partial charge is 0.384 e. The van der Waals surface area contributed by atoms with E-state index in [0.29, 0.717) is 19.4 Å². The van der Waals surface area contributed by atoms with E-state index >= 15 is 0 Å². The van der Waals surface area contributed by atoms with E-state index in [9.17, 15) is 4.79 Å². The SMILES string of the molecule is COCCC(=O)N[C@@H](Cc1ccccc1)c1nn(C)c2ncccc12. The van der Waals surface area contributed by atoms with Crippen LogP contribution >= 0.6 is 0 Å². The molecule has 6 nitrogen and oxygen atoms in total. The maximum absolute atomic E-state index is 12.3. The minimum atomic E-state index is -0.223. The lowest BCUT2D eigenvalue weighted by atomic mass is 10.0. The molecular weight excluding hydrogens is 316 g/mol. The van der Waals surface area contributed by atoms with Crippen molar-refractivity contribution in [3.05, 3.63) is 59.9 Å². The van der Waals surface area contributed by atoms with Crippen molar-refractivity contribution in [3.8, 4) is 0 Å². The van der Waals surface area contributed by atoms with Crippen LogP contribution in [0.3, 0.4) is 0 Å². The van der Waals surface area contributed by atoms with Crippen LogP contribution < -0.4 is 5.32 Å². The number of pyridine rings is 1. The molecule has 2 aromatic heterocycles. The standard InChI is InChI=1S/C19H22N4O2/c1-23-19-15(9-6-11-20-19)18(22-23)16(21-17(24)10-12-25-2)13-14-7-4-3-5-8-14/h3-9,11,16H,10,12-13H2,1-2H3,(H,21,24)/t16-/m0/s1. The Kier molecular flexibility index (Phi) is 5.40. The molecule has 0 bridgehead atoms. The number of benzene rings is 1. The molecule has 0 saturated heterocycles. The third-order valence-electron chi connectivity index (χ3n) is 4.11. The molecule has 1 N–H and O–H groups in total. The topological polar surface area (TPSA) is 69.0 Å². The quantitative estimate of drug-likeness (QED) is 0.718. The van der Waals surface area contributed by atoms with Crippen molar-refractivity contribution in [3.63, 3.8) is 0 Å². The van der Waals surface area contributed by atoms with Gasteiger partial charge in [-0.05, 0) is 24.1 Å². The summed E-state index contributed by atoms with van der Waals surface area (Å²) in [7, 11) is 3.46. The van der Waals surface area contributed by atoms with Crippen LogP contribution in [0.5, 0.6) is 0 Å². The number of fused-ring (bicyclic) bond motifs is 1. The number of carbonyl (C=O) groups is 1. The van der Waals surface area contributed by atoms with Gasteiger partial charge in [0.2, 0.25) is 5.91 Å². The number of amides is 1. The summed E-state index contributed by atoms with van der Waals surface area (Å²) in [6.45, 7) is 0.397. The summed E-state index contributed by atoms with van der Waals surface area (Å²) in [5, 5.41) is 8.68. The second-order valence-corrected chi connectivity index (χ2v) is 5.94. The van der Waals surface area contributed by atoms with Gasteiger partial charge in [0.1, 0.15) is 0 Å². The van der Waals surface area contributed by atoms with Crippen molar-refractivity contribution < 1.29 is 9.53 Å². The Hall–Kier alpha value is -2.73. The number of hydrogen-bond donors (Lipinski definition) is 1. The summed E-state index contributed by atoms with van der Waals surface area (Å²) in [6.07, 6.45) is 2.74. The molecular formula is C19H22N4O2. The van der Waals surface area contributed by atoms with E-state index in [1.54, 1.807) is 18.0 Å². The van der Waals surface area contributed by atoms with Gasteiger partial charge < -0.3 is 10.1 Å². The van der Waals surface area contributed by atoms with Gasteiger partial charge in [0.15, 0.2) is 5.65 Å². The fraction of sp³-hybridized carbons (Fsp3) is 0.316. The van der Waals surface area contributed by atoms with Gasteiger partial charge in [-0.15, -0.1) is 0 Å². The first-order chi connectivity index (χ1) is 12.2. The number of ether oxygens (including phenoxy) is 1. The Labute approximate surface area is 146 Å². The number of nitrogens with one attached hydrogen (secondary N) is 1. The molecule has 25 heavy (non-hydrogen) atoms. The van der Waals surface area contributed by atoms with E-state index in [-0.39, 0.29) is 11.9 Å². The van der Waals surface area contributed by atoms with Gasteiger partial charge in [-0.2, -0.15) is 5.10 Å². The van der Waals surface area contributed by atoms with Gasteiger partial charge in [0.25, 0.3) is 0 Å². The molecule has 3 rings (SSSR count). The monoisotopic (exact) mass is 338 g/mol. The smallest absolute Gasteiger partial charge is 0.222 e. The minimum Gasteiger partial charge on any atom is -0.384 e. The molecule has 130 valence electrons. The lowest BCUT2D eigenvalue weighted by Crippen LogP contribution is -2.31. The Balaban J connectivity index is 1.93. The van der Waals surface area contributed by atoms with Crippen molar-refractivity contribution in [2.24, 2.45) is 7.05 Å². The second-order valence-electron chi connectivity index (χ2n) is 5.94. The van der Waals surface area contributed by atoms with Crippen molar-refractivity contribution in [2.75, 3.05) is 13.7 Å². The molecule has 0 aliphatic heterocycles. The molecule has 0 unspecified atom stereocenters. The number of methoxy groups -OCH3 is 1. The first-order valence-corrected chi connectivity index (χ1v) is 8.29. The Morgan fingerprint density at radius 3 is 2.80 bits per heavy atom. The van der Waals surface area contributed by atoms with Crippen LogP contribution in [0.25, 0.3) is 11.0 Å². The van der Waals surface area contributed by atoms with Gasteiger partial charge in [-0.3, -0.25) is 9.48 Å². The average Bonchev–Trinajstić information content (AvgIpc) is 2.97. The van der Waals surface area contributed by atoms with Crippen LogP contribution in [0.1, 0.15) is 23.7 Å². The number of nitrogens with zero attached hydrogens (tertiary/aromatic N) is 3. The fourth-order valence-electron chi connectivity index (χ4n) is 2.90. The van der Waals surface area contributed by atoms with Crippen LogP contribution in [0.15, 0.2) is 48.7 Å². The molecule has 1 amide bonds. The molecule has 0 fully saturated rings. The zero-order chi connectivity index (χ0) is 17.6. The molecule has 3 aromatic rings. The van der Waals surface area contributed by atoms with Crippen molar-refractivity contribution >= 4 is 16.9 Å². The first kappa shape index (κ1) is 17.1. The highest BCUT2D eigenvalue weighted by Gasteiger charge is 2.22. The average molecular weight is 338 g/mol. The Morgan fingerprint density at radius 1 is 1.24 bits per heavy atom. The first-order valence-electron chi connectivity index (χ1n) is 8.29. The highest BCUT2D eigenvalue weighted by molar-refractivity contribution is 5.81. The summed E-state index contributed by atoms with van der Waals surface area (Å²) in [5.41, 5.74) is 2.78. The molecule has 0 radical (unpaired) electrons. The number of hydrogen-bond acceptors (Lipinski definition) is 4. The predicted molar refractivity (Wildman–Crippen MR) is 96.0 cm³/mol. The van der Waals surface area contributed by atoms with E-state index in [0.717, 1.165) is 22.3 Å². The lowest BCUT2D eigenvalue weighted by molar-refractivity contribution is -0.122. The Morgan fingerprint density at radius 2 is 2.04 bits per heavy atom. The molecule has 0 saturated carbocycles. The van der Waals surface area contributed by atoms with Gasteiger partial charge >= 0.3 is 0 Å². The van der Waals surface area contributed by atoms with E-state index in [1.807, 2.05) is 37.4 Å². The summed E-state index contributed by atoms with van der Waals surface area (Å²) in [4.78, 5) is 16.7. The third kappa shape index (κ3) is 4.03. The minimum absolute atomic E-state index is 0.0505. The zero-order valence-corrected chi connectivity index (χ0v) is 14.5. The van der Waals surface area contributed by atoms with E-state index in [2.05, 4.69) is 27.5 Å². The summed E-state index contributed by atoms with van der Waals surface area (Å²) in [6, 6.07) is 13.7. The third-order valence-corrected chi connectivity index (χ3v) is 4.11. The summed E-state index contributed by atoms with van der Waals surface area (Å²) < 4.78 is 6.76. The van der Waals surface area contributed by atoms with Gasteiger partial charge in [-0.1, -0.05) is 30.3 Å². The van der Waals surface area contributed by atoms with Crippen molar-refractivity contribution in [2.45, 2.75) is 18.9 Å². The Bertz CT molecular complexity index is 845. The molecule has 2 heterocycles. The number of aromatic nitrogens is 3. The van der Waals surface area contributed by atoms with Crippen LogP contribution in [0.2, 0.25) is 0 Å². The number of rotatable bonds is 7. The maximum Gasteiger partial charge on any atom is 0.222 e. The van der Waals surface area contributed by atoms with Gasteiger partial charge in [0.05, 0.1) is 18.3 Å². The fourth-order valence-corrected chi connectivity index (χ4v) is 2.90. The highest BCUT2D eigenvalue weighted by Crippen LogP contribution is 2.25. The van der Waals surface area contributed by atoms with Crippen LogP contribution in [0, 0.1) is 0 Å². The molecule has 0 spiro atoms. The second kappa shape index (κ2) is 7.90. The lowest BCUT2D eigenvalue weighted by Gasteiger charge is -2.17. The molecule has 1 aromatic carbocycles. The predicted octanol–water partition coefficient (Wildman–Crippen LogP) is 2.40. The van der Waals surface area contributed by atoms with Gasteiger partial charge in [-0.25, -0.2) is 4.98 Å². The van der Waals surface area contributed by atoms with E-state index < -0.39 is 0 Å². The molecule has 6 heteroatoms. The summed E-state index contributed by atoms with van der Waals surface area (Å²) >= 11 is 0. The zero-order valence-electron chi connectivity index (χ0n) is 14.5. The molecule has 0 aliphatic rings. The van der Waals surface area contributed by atoms with Crippen LogP contribution in [-0.2, 0) is 23.0 Å². The van der Waals surface area contributed by atoms with Crippen molar-refractivity contribution in [1.82, 2.24) is 20.1 Å². The highest BCUT2D eigenvalue weighted by atomic mass is 16.5. The summed E-state index contributed by atoms with van der Waals surface area (Å²) in [5.74, 6) is -0.0505. The number of carbonyl (C=O) groups excluding carboxylic acids is 1. The molecule has 1 atom stereocenters.